The third-order valence-electron chi connectivity index (χ3n) is 2.09. The average molecular weight is 330 g/mol. The summed E-state index contributed by atoms with van der Waals surface area (Å²) in [5, 5.41) is 16.1. The van der Waals surface area contributed by atoms with Crippen LogP contribution in [-0.4, -0.2) is 25.9 Å². The van der Waals surface area contributed by atoms with E-state index in [4.69, 9.17) is 0 Å². The second kappa shape index (κ2) is 5.57. The Hall–Kier alpha value is -1.28. The first-order chi connectivity index (χ1) is 8.54. The van der Waals surface area contributed by atoms with Crippen LogP contribution in [0.15, 0.2) is 16.9 Å². The van der Waals surface area contributed by atoms with E-state index < -0.39 is 0 Å². The first-order valence-electron chi connectivity index (χ1n) is 5.36. The lowest BCUT2D eigenvalue weighted by molar-refractivity contribution is -0.116. The van der Waals surface area contributed by atoms with Crippen molar-refractivity contribution >= 4 is 38.3 Å². The molecule has 0 atom stereocenters. The fourth-order valence-electron chi connectivity index (χ4n) is 1.25. The van der Waals surface area contributed by atoms with E-state index in [0.29, 0.717) is 11.0 Å². The highest BCUT2D eigenvalue weighted by atomic mass is 79.9. The highest BCUT2D eigenvalue weighted by molar-refractivity contribution is 9.10. The lowest BCUT2D eigenvalue weighted by Crippen LogP contribution is -2.18. The minimum Gasteiger partial charge on any atom is -0.299 e. The second-order valence-electron chi connectivity index (χ2n) is 4.00. The van der Waals surface area contributed by atoms with E-state index in [1.54, 1.807) is 17.1 Å². The maximum atomic E-state index is 11.7. The van der Waals surface area contributed by atoms with Gasteiger partial charge in [0.15, 0.2) is 0 Å². The molecule has 1 amide bonds. The van der Waals surface area contributed by atoms with Gasteiger partial charge >= 0.3 is 0 Å². The van der Waals surface area contributed by atoms with Crippen molar-refractivity contribution in [2.24, 2.45) is 0 Å². The summed E-state index contributed by atoms with van der Waals surface area (Å²) in [5.74, 6) is 0.146. The van der Waals surface area contributed by atoms with Gasteiger partial charge in [-0.3, -0.25) is 14.8 Å². The van der Waals surface area contributed by atoms with Crippen LogP contribution in [0.4, 0.5) is 5.13 Å². The Bertz CT molecular complexity index is 550. The van der Waals surface area contributed by atoms with Crippen molar-refractivity contribution in [2.45, 2.75) is 26.3 Å². The average Bonchev–Trinajstić information content (AvgIpc) is 2.88. The molecule has 1 N–H and O–H groups in total. The van der Waals surface area contributed by atoms with Crippen LogP contribution in [0, 0.1) is 0 Å². The number of anilines is 1. The summed E-state index contributed by atoms with van der Waals surface area (Å²) >= 11 is 4.66. The van der Waals surface area contributed by atoms with E-state index in [1.807, 2.05) is 13.8 Å². The van der Waals surface area contributed by atoms with Crippen LogP contribution < -0.4 is 5.32 Å². The molecule has 0 bridgehead atoms. The van der Waals surface area contributed by atoms with Crippen molar-refractivity contribution in [3.05, 3.63) is 21.9 Å². The molecule has 96 valence electrons. The Kier molecular flexibility index (Phi) is 4.07. The van der Waals surface area contributed by atoms with Gasteiger partial charge in [-0.25, -0.2) is 0 Å². The van der Waals surface area contributed by atoms with Gasteiger partial charge in [-0.05, 0) is 15.9 Å². The number of hydrogen-bond acceptors (Lipinski definition) is 5. The molecule has 2 aromatic rings. The summed E-state index contributed by atoms with van der Waals surface area (Å²) in [7, 11) is 0. The Labute approximate surface area is 117 Å². The van der Waals surface area contributed by atoms with E-state index in [0.717, 1.165) is 9.48 Å². The summed E-state index contributed by atoms with van der Waals surface area (Å²) in [6.07, 6.45) is 3.37. The number of carbonyl (C=O) groups excluding carboxylic acids is 1. The SMILES string of the molecule is CC(C)c1nnc(NC(=O)Cn2cc(Br)cn2)s1. The number of hydrogen-bond donors (Lipinski definition) is 1. The number of halogens is 1. The number of carbonyl (C=O) groups is 1. The number of amides is 1. The molecule has 0 spiro atoms. The second-order valence-corrected chi connectivity index (χ2v) is 5.93. The topological polar surface area (TPSA) is 72.7 Å². The quantitative estimate of drug-likeness (QED) is 0.933. The minimum atomic E-state index is -0.169. The van der Waals surface area contributed by atoms with Gasteiger partial charge in [0.05, 0.1) is 10.7 Å². The molecule has 0 fully saturated rings. The predicted molar refractivity (Wildman–Crippen MR) is 72.6 cm³/mol. The zero-order valence-electron chi connectivity index (χ0n) is 9.92. The Morgan fingerprint density at radius 2 is 2.33 bits per heavy atom. The third kappa shape index (κ3) is 3.36. The molecule has 0 radical (unpaired) electrons. The Morgan fingerprint density at radius 3 is 2.89 bits per heavy atom. The first-order valence-corrected chi connectivity index (χ1v) is 6.96. The summed E-state index contributed by atoms with van der Waals surface area (Å²) in [6, 6.07) is 0. The molecule has 0 aliphatic carbocycles. The summed E-state index contributed by atoms with van der Waals surface area (Å²) in [4.78, 5) is 11.7. The van der Waals surface area contributed by atoms with Crippen molar-refractivity contribution in [2.75, 3.05) is 5.32 Å². The Balaban J connectivity index is 1.94. The number of nitrogens with one attached hydrogen (secondary N) is 1. The number of rotatable bonds is 4. The molecule has 2 heterocycles. The monoisotopic (exact) mass is 329 g/mol. The predicted octanol–water partition coefficient (Wildman–Crippen LogP) is 2.26. The maximum absolute atomic E-state index is 11.7. The molecule has 8 heteroatoms. The zero-order chi connectivity index (χ0) is 13.1. The van der Waals surface area contributed by atoms with E-state index >= 15 is 0 Å². The van der Waals surface area contributed by atoms with Crippen LogP contribution in [-0.2, 0) is 11.3 Å². The van der Waals surface area contributed by atoms with Gasteiger partial charge in [-0.1, -0.05) is 25.2 Å². The highest BCUT2D eigenvalue weighted by Gasteiger charge is 2.11. The van der Waals surface area contributed by atoms with Crippen molar-refractivity contribution < 1.29 is 4.79 Å². The van der Waals surface area contributed by atoms with Crippen LogP contribution in [0.25, 0.3) is 0 Å². The Morgan fingerprint density at radius 1 is 1.56 bits per heavy atom. The van der Waals surface area contributed by atoms with Gasteiger partial charge in [0.25, 0.3) is 0 Å². The van der Waals surface area contributed by atoms with Crippen molar-refractivity contribution in [1.29, 1.82) is 0 Å². The number of aromatic nitrogens is 4. The van der Waals surface area contributed by atoms with Crippen LogP contribution in [0.1, 0.15) is 24.8 Å². The van der Waals surface area contributed by atoms with E-state index in [1.165, 1.54) is 11.3 Å². The van der Waals surface area contributed by atoms with Gasteiger partial charge in [-0.15, -0.1) is 10.2 Å². The summed E-state index contributed by atoms with van der Waals surface area (Å²) < 4.78 is 2.39. The van der Waals surface area contributed by atoms with Gasteiger partial charge in [0.2, 0.25) is 11.0 Å². The van der Waals surface area contributed by atoms with Crippen LogP contribution in [0.5, 0.6) is 0 Å². The van der Waals surface area contributed by atoms with Crippen molar-refractivity contribution in [3.8, 4) is 0 Å². The minimum absolute atomic E-state index is 0.155. The van der Waals surface area contributed by atoms with Gasteiger partial charge in [-0.2, -0.15) is 5.10 Å². The standard InChI is InChI=1S/C10H12BrN5OS/c1-6(2)9-14-15-10(18-9)13-8(17)5-16-4-7(11)3-12-16/h3-4,6H,5H2,1-2H3,(H,13,15,17). The lowest BCUT2D eigenvalue weighted by atomic mass is 10.2. The normalized spacial score (nSPS) is 10.9. The molecule has 0 aliphatic rings. The zero-order valence-corrected chi connectivity index (χ0v) is 12.3. The fraction of sp³-hybridized carbons (Fsp3) is 0.400. The molecule has 2 aromatic heterocycles. The maximum Gasteiger partial charge on any atom is 0.247 e. The molecular weight excluding hydrogens is 318 g/mol. The van der Waals surface area contributed by atoms with Gasteiger partial charge in [0, 0.05) is 12.1 Å². The number of nitrogens with zero attached hydrogens (tertiary/aromatic N) is 4. The summed E-state index contributed by atoms with van der Waals surface area (Å²) in [6.45, 7) is 4.23. The molecule has 2 rings (SSSR count). The fourth-order valence-corrected chi connectivity index (χ4v) is 2.34. The largest absolute Gasteiger partial charge is 0.299 e. The molecular formula is C10H12BrN5OS. The van der Waals surface area contributed by atoms with Crippen LogP contribution >= 0.6 is 27.3 Å². The smallest absolute Gasteiger partial charge is 0.247 e. The molecule has 0 aliphatic heterocycles. The van der Waals surface area contributed by atoms with Crippen molar-refractivity contribution in [3.63, 3.8) is 0 Å². The third-order valence-corrected chi connectivity index (χ3v) is 3.64. The van der Waals surface area contributed by atoms with E-state index in [2.05, 4.69) is 36.5 Å². The van der Waals surface area contributed by atoms with Crippen LogP contribution in [0.3, 0.4) is 0 Å². The molecule has 0 saturated carbocycles. The van der Waals surface area contributed by atoms with Crippen molar-refractivity contribution in [1.82, 2.24) is 20.0 Å². The highest BCUT2D eigenvalue weighted by Crippen LogP contribution is 2.22. The van der Waals surface area contributed by atoms with Gasteiger partial charge < -0.3 is 0 Å². The van der Waals surface area contributed by atoms with Gasteiger partial charge in [0.1, 0.15) is 11.6 Å². The first kappa shape index (κ1) is 13.2. The molecule has 0 unspecified atom stereocenters. The molecule has 0 aromatic carbocycles. The van der Waals surface area contributed by atoms with Crippen LogP contribution in [0.2, 0.25) is 0 Å². The van der Waals surface area contributed by atoms with E-state index in [9.17, 15) is 4.79 Å². The molecule has 6 nitrogen and oxygen atoms in total. The molecule has 18 heavy (non-hydrogen) atoms. The van der Waals surface area contributed by atoms with E-state index in [-0.39, 0.29) is 12.5 Å². The molecule has 0 saturated heterocycles. The lowest BCUT2D eigenvalue weighted by Gasteiger charge is -2.00. The summed E-state index contributed by atoms with van der Waals surface area (Å²) in [5.41, 5.74) is 0.